The molecule has 0 aliphatic heterocycles. The van der Waals surface area contributed by atoms with E-state index in [-0.39, 0.29) is 28.5 Å². The van der Waals surface area contributed by atoms with Crippen LogP contribution < -0.4 is 4.72 Å². The van der Waals surface area contributed by atoms with Crippen LogP contribution in [0.5, 0.6) is 0 Å². The molecule has 180 valence electrons. The average molecular weight is 488 g/mol. The molecule has 0 bridgehead atoms. The van der Waals surface area contributed by atoms with Crippen LogP contribution in [0, 0.1) is 18.6 Å². The van der Waals surface area contributed by atoms with E-state index in [1.54, 1.807) is 25.1 Å². The minimum Gasteiger partial charge on any atom is -0.333 e. The number of benzene rings is 3. The highest BCUT2D eigenvalue weighted by Gasteiger charge is 2.20. The molecule has 3 aromatic carbocycles. The number of carbonyl (C=O) groups excluding carboxylic acids is 1. The van der Waals surface area contributed by atoms with E-state index in [4.69, 9.17) is 0 Å². The van der Waals surface area contributed by atoms with Crippen LogP contribution in [-0.4, -0.2) is 51.3 Å². The van der Waals surface area contributed by atoms with Gasteiger partial charge in [0, 0.05) is 36.8 Å². The SMILES string of the molecule is Cc1ccccc1NS(=O)(=O)c1ccc(C(=O)N(CCN(C)C)Cc2ccc(F)cc2F)cc1. The lowest BCUT2D eigenvalue weighted by Gasteiger charge is -2.25. The Hall–Kier alpha value is -3.30. The molecule has 0 atom stereocenters. The smallest absolute Gasteiger partial charge is 0.261 e. The molecule has 1 N–H and O–H groups in total. The summed E-state index contributed by atoms with van der Waals surface area (Å²) in [5, 5.41) is 0. The standard InChI is InChI=1S/C25H27F2N3O3S/c1-18-6-4-5-7-24(18)28-34(32,33)22-12-9-19(10-13-22)25(31)30(15-14-29(2)3)17-20-8-11-21(26)16-23(20)27/h4-13,16,28H,14-15,17H2,1-3H3. The summed E-state index contributed by atoms with van der Waals surface area (Å²) in [6.07, 6.45) is 0. The first-order chi connectivity index (χ1) is 16.1. The largest absolute Gasteiger partial charge is 0.333 e. The van der Waals surface area contributed by atoms with Gasteiger partial charge < -0.3 is 9.80 Å². The van der Waals surface area contributed by atoms with Gasteiger partial charge in [-0.25, -0.2) is 17.2 Å². The molecule has 6 nitrogen and oxygen atoms in total. The zero-order valence-corrected chi connectivity index (χ0v) is 20.1. The topological polar surface area (TPSA) is 69.7 Å². The van der Waals surface area contributed by atoms with Crippen LogP contribution >= 0.6 is 0 Å². The molecule has 0 saturated heterocycles. The lowest BCUT2D eigenvalue weighted by Crippen LogP contribution is -2.36. The second kappa shape index (κ2) is 10.8. The third kappa shape index (κ3) is 6.39. The molecule has 34 heavy (non-hydrogen) atoms. The second-order valence-corrected chi connectivity index (χ2v) is 9.89. The van der Waals surface area contributed by atoms with Crippen molar-refractivity contribution in [2.24, 2.45) is 0 Å². The number of nitrogens with zero attached hydrogens (tertiary/aromatic N) is 2. The quantitative estimate of drug-likeness (QED) is 0.489. The molecule has 3 aromatic rings. The number of amides is 1. The molecule has 0 aromatic heterocycles. The normalized spacial score (nSPS) is 11.5. The summed E-state index contributed by atoms with van der Waals surface area (Å²) in [4.78, 5) is 16.5. The molecule has 1 amide bonds. The summed E-state index contributed by atoms with van der Waals surface area (Å²) >= 11 is 0. The lowest BCUT2D eigenvalue weighted by atomic mass is 10.1. The highest BCUT2D eigenvalue weighted by Crippen LogP contribution is 2.21. The Kier molecular flexibility index (Phi) is 8.01. The molecule has 0 heterocycles. The summed E-state index contributed by atoms with van der Waals surface area (Å²) in [7, 11) is -0.146. The summed E-state index contributed by atoms with van der Waals surface area (Å²) in [5.74, 6) is -1.81. The van der Waals surface area contributed by atoms with E-state index in [0.717, 1.165) is 17.7 Å². The first-order valence-corrected chi connectivity index (χ1v) is 12.1. The number of hydrogen-bond acceptors (Lipinski definition) is 4. The predicted molar refractivity (Wildman–Crippen MR) is 128 cm³/mol. The summed E-state index contributed by atoms with van der Waals surface area (Å²) < 4.78 is 55.6. The van der Waals surface area contributed by atoms with E-state index in [9.17, 15) is 22.0 Å². The number of aryl methyl sites for hydroxylation is 1. The fourth-order valence-corrected chi connectivity index (χ4v) is 4.41. The van der Waals surface area contributed by atoms with Crippen molar-refractivity contribution in [2.45, 2.75) is 18.4 Å². The maximum absolute atomic E-state index is 14.2. The Labute approximate surface area is 198 Å². The number of halogens is 2. The van der Waals surface area contributed by atoms with Gasteiger partial charge >= 0.3 is 0 Å². The zero-order valence-electron chi connectivity index (χ0n) is 19.3. The highest BCUT2D eigenvalue weighted by molar-refractivity contribution is 7.92. The van der Waals surface area contributed by atoms with Gasteiger partial charge in [0.25, 0.3) is 15.9 Å². The molecular weight excluding hydrogens is 460 g/mol. The number of nitrogens with one attached hydrogen (secondary N) is 1. The predicted octanol–water partition coefficient (Wildman–Crippen LogP) is 4.28. The highest BCUT2D eigenvalue weighted by atomic mass is 32.2. The Balaban J connectivity index is 1.81. The summed E-state index contributed by atoms with van der Waals surface area (Å²) in [6, 6.07) is 15.8. The Morgan fingerprint density at radius 1 is 0.941 bits per heavy atom. The van der Waals surface area contributed by atoms with Crippen molar-refractivity contribution < 1.29 is 22.0 Å². The van der Waals surface area contributed by atoms with E-state index in [0.29, 0.717) is 18.8 Å². The Morgan fingerprint density at radius 3 is 2.24 bits per heavy atom. The molecule has 0 saturated carbocycles. The zero-order chi connectivity index (χ0) is 24.9. The second-order valence-electron chi connectivity index (χ2n) is 8.21. The van der Waals surface area contributed by atoms with Crippen LogP contribution in [0.15, 0.2) is 71.6 Å². The van der Waals surface area contributed by atoms with Gasteiger partial charge in [0.15, 0.2) is 0 Å². The Morgan fingerprint density at radius 2 is 1.62 bits per heavy atom. The fourth-order valence-electron chi connectivity index (χ4n) is 3.28. The third-order valence-electron chi connectivity index (χ3n) is 5.28. The van der Waals surface area contributed by atoms with Crippen molar-refractivity contribution in [3.05, 3.63) is 95.1 Å². The average Bonchev–Trinajstić information content (AvgIpc) is 2.79. The van der Waals surface area contributed by atoms with Gasteiger partial charge in [-0.3, -0.25) is 9.52 Å². The van der Waals surface area contributed by atoms with Crippen molar-refractivity contribution >= 4 is 21.6 Å². The molecule has 0 aliphatic carbocycles. The van der Waals surface area contributed by atoms with E-state index in [1.165, 1.54) is 35.2 Å². The molecule has 0 unspecified atom stereocenters. The Bertz CT molecular complexity index is 1260. The number of anilines is 1. The lowest BCUT2D eigenvalue weighted by molar-refractivity contribution is 0.0730. The minimum absolute atomic E-state index is 0.0109. The van der Waals surface area contributed by atoms with E-state index < -0.39 is 21.7 Å². The van der Waals surface area contributed by atoms with Crippen molar-refractivity contribution in [1.29, 1.82) is 0 Å². The molecule has 3 rings (SSSR count). The number of carbonyl (C=O) groups is 1. The number of sulfonamides is 1. The van der Waals surface area contributed by atoms with E-state index in [1.807, 2.05) is 25.1 Å². The van der Waals surface area contributed by atoms with Gasteiger partial charge in [0.05, 0.1) is 10.6 Å². The minimum atomic E-state index is -3.84. The van der Waals surface area contributed by atoms with Crippen LogP contribution in [0.1, 0.15) is 21.5 Å². The number of likely N-dealkylation sites (N-methyl/N-ethyl adjacent to an activating group) is 1. The molecule has 0 radical (unpaired) electrons. The molecule has 0 aliphatic rings. The molecule has 9 heteroatoms. The number of para-hydroxylation sites is 1. The van der Waals surface area contributed by atoms with Crippen molar-refractivity contribution in [3.8, 4) is 0 Å². The van der Waals surface area contributed by atoms with Crippen LogP contribution in [0.2, 0.25) is 0 Å². The molecular formula is C25H27F2N3O3S. The van der Waals surface area contributed by atoms with Gasteiger partial charge in [0.2, 0.25) is 0 Å². The van der Waals surface area contributed by atoms with Crippen molar-refractivity contribution in [3.63, 3.8) is 0 Å². The fraction of sp³-hybridized carbons (Fsp3) is 0.240. The van der Waals surface area contributed by atoms with Crippen molar-refractivity contribution in [2.75, 3.05) is 31.9 Å². The van der Waals surface area contributed by atoms with E-state index in [2.05, 4.69) is 4.72 Å². The maximum Gasteiger partial charge on any atom is 0.261 e. The first-order valence-electron chi connectivity index (χ1n) is 10.6. The monoisotopic (exact) mass is 487 g/mol. The van der Waals surface area contributed by atoms with Crippen LogP contribution in [-0.2, 0) is 16.6 Å². The number of rotatable bonds is 9. The van der Waals surface area contributed by atoms with Gasteiger partial charge in [-0.2, -0.15) is 0 Å². The van der Waals surface area contributed by atoms with E-state index >= 15 is 0 Å². The first kappa shape index (κ1) is 25.3. The van der Waals surface area contributed by atoms with Crippen LogP contribution in [0.3, 0.4) is 0 Å². The molecule has 0 fully saturated rings. The number of hydrogen-bond donors (Lipinski definition) is 1. The van der Waals surface area contributed by atoms with Gasteiger partial charge in [-0.05, 0) is 63.0 Å². The molecule has 0 spiro atoms. The summed E-state index contributed by atoms with van der Waals surface area (Å²) in [6.45, 7) is 2.58. The van der Waals surface area contributed by atoms with Gasteiger partial charge in [-0.15, -0.1) is 0 Å². The maximum atomic E-state index is 14.2. The van der Waals surface area contributed by atoms with Gasteiger partial charge in [-0.1, -0.05) is 24.3 Å². The summed E-state index contributed by atoms with van der Waals surface area (Å²) in [5.41, 5.74) is 1.70. The third-order valence-corrected chi connectivity index (χ3v) is 6.66. The van der Waals surface area contributed by atoms with Crippen LogP contribution in [0.4, 0.5) is 14.5 Å². The van der Waals surface area contributed by atoms with Crippen LogP contribution in [0.25, 0.3) is 0 Å². The van der Waals surface area contributed by atoms with Gasteiger partial charge in [0.1, 0.15) is 11.6 Å². The van der Waals surface area contributed by atoms with Crippen molar-refractivity contribution in [1.82, 2.24) is 9.80 Å².